The number of esters is 1. The Labute approximate surface area is 143 Å². The van der Waals surface area contributed by atoms with Gasteiger partial charge in [0, 0.05) is 5.56 Å². The van der Waals surface area contributed by atoms with Crippen molar-refractivity contribution in [1.82, 2.24) is 0 Å². The van der Waals surface area contributed by atoms with Crippen LogP contribution in [0.3, 0.4) is 0 Å². The number of unbranched alkanes of at least 4 members (excludes halogenated alkanes) is 3. The quantitative estimate of drug-likeness (QED) is 0.302. The Morgan fingerprint density at radius 3 is 2.25 bits per heavy atom. The van der Waals surface area contributed by atoms with E-state index in [-0.39, 0.29) is 0 Å². The van der Waals surface area contributed by atoms with Crippen molar-refractivity contribution in [2.24, 2.45) is 0 Å². The fourth-order valence-electron chi connectivity index (χ4n) is 2.19. The summed E-state index contributed by atoms with van der Waals surface area (Å²) in [7, 11) is 0. The van der Waals surface area contributed by atoms with Crippen molar-refractivity contribution in [2.75, 3.05) is 6.61 Å². The fraction of sp³-hybridized carbons (Fsp3) is 0.286. The lowest BCUT2D eigenvalue weighted by Gasteiger charge is -2.07. The van der Waals surface area contributed by atoms with Crippen LogP contribution >= 0.6 is 0 Å². The summed E-state index contributed by atoms with van der Waals surface area (Å²) in [4.78, 5) is 12.1. The van der Waals surface area contributed by atoms with E-state index in [1.165, 1.54) is 19.3 Å². The summed E-state index contributed by atoms with van der Waals surface area (Å²) in [6.45, 7) is 2.88. The first kappa shape index (κ1) is 17.6. The molecule has 124 valence electrons. The Balaban J connectivity index is 1.85. The molecule has 0 saturated carbocycles. The van der Waals surface area contributed by atoms with Gasteiger partial charge in [-0.3, -0.25) is 0 Å². The molecule has 0 radical (unpaired) electrons. The second kappa shape index (κ2) is 9.42. The minimum absolute atomic E-state index is 0.405. The normalized spacial score (nSPS) is 10.0. The minimum Gasteiger partial charge on any atom is -0.494 e. The van der Waals surface area contributed by atoms with Gasteiger partial charge in [-0.05, 0) is 55.0 Å². The van der Waals surface area contributed by atoms with Crippen molar-refractivity contribution < 1.29 is 14.3 Å². The summed E-state index contributed by atoms with van der Waals surface area (Å²) >= 11 is 0. The predicted molar refractivity (Wildman–Crippen MR) is 95.4 cm³/mol. The number of carbonyl (C=O) groups excluding carboxylic acids is 1. The summed E-state index contributed by atoms with van der Waals surface area (Å²) in [5.74, 6) is 3.35. The van der Waals surface area contributed by atoms with E-state index in [0.29, 0.717) is 17.9 Å². The largest absolute Gasteiger partial charge is 0.494 e. The molecule has 0 fully saturated rings. The molecule has 0 unspecified atom stereocenters. The molecular weight excluding hydrogens is 300 g/mol. The zero-order valence-corrected chi connectivity index (χ0v) is 14.0. The molecule has 2 aromatic rings. The molecular formula is C21H22O3. The topological polar surface area (TPSA) is 35.5 Å². The zero-order valence-electron chi connectivity index (χ0n) is 14.0. The van der Waals surface area contributed by atoms with Crippen LogP contribution in [0.1, 0.15) is 48.5 Å². The van der Waals surface area contributed by atoms with Gasteiger partial charge in [0.15, 0.2) is 0 Å². The first-order chi connectivity index (χ1) is 11.7. The molecule has 0 aliphatic rings. The number of rotatable bonds is 8. The van der Waals surface area contributed by atoms with Gasteiger partial charge in [-0.15, -0.1) is 6.42 Å². The van der Waals surface area contributed by atoms with E-state index in [4.69, 9.17) is 15.9 Å². The Morgan fingerprint density at radius 2 is 1.62 bits per heavy atom. The molecule has 0 aliphatic heterocycles. The molecule has 3 heteroatoms. The molecule has 0 bridgehead atoms. The van der Waals surface area contributed by atoms with E-state index in [1.54, 1.807) is 48.5 Å². The molecule has 0 heterocycles. The monoisotopic (exact) mass is 322 g/mol. The number of hydrogen-bond donors (Lipinski definition) is 0. The molecule has 0 amide bonds. The van der Waals surface area contributed by atoms with Gasteiger partial charge in [0.2, 0.25) is 0 Å². The standard InChI is InChI=1S/C21H22O3/c1-3-5-6-7-16-23-19-14-10-18(11-15-19)21(22)24-20-12-8-17(4-2)9-13-20/h2,8-15H,3,5-7,16H2,1H3. The van der Waals surface area contributed by atoms with Crippen LogP contribution in [-0.4, -0.2) is 12.6 Å². The molecule has 3 nitrogen and oxygen atoms in total. The molecule has 2 rings (SSSR count). The van der Waals surface area contributed by atoms with Crippen LogP contribution in [0, 0.1) is 12.3 Å². The molecule has 2 aromatic carbocycles. The van der Waals surface area contributed by atoms with E-state index in [0.717, 1.165) is 17.7 Å². The first-order valence-electron chi connectivity index (χ1n) is 8.24. The highest BCUT2D eigenvalue weighted by molar-refractivity contribution is 5.91. The Hall–Kier alpha value is -2.73. The number of benzene rings is 2. The SMILES string of the molecule is C#Cc1ccc(OC(=O)c2ccc(OCCCCCC)cc2)cc1. The first-order valence-corrected chi connectivity index (χ1v) is 8.24. The third kappa shape index (κ3) is 5.48. The predicted octanol–water partition coefficient (Wildman–Crippen LogP) is 4.85. The van der Waals surface area contributed by atoms with Crippen LogP contribution < -0.4 is 9.47 Å². The van der Waals surface area contributed by atoms with E-state index in [9.17, 15) is 4.79 Å². The van der Waals surface area contributed by atoms with E-state index in [2.05, 4.69) is 12.8 Å². The molecule has 0 saturated heterocycles. The molecule has 0 aromatic heterocycles. The molecule has 24 heavy (non-hydrogen) atoms. The van der Waals surface area contributed by atoms with Crippen molar-refractivity contribution in [3.8, 4) is 23.8 Å². The van der Waals surface area contributed by atoms with Crippen molar-refractivity contribution in [2.45, 2.75) is 32.6 Å². The van der Waals surface area contributed by atoms with Crippen LogP contribution in [0.25, 0.3) is 0 Å². The van der Waals surface area contributed by atoms with Gasteiger partial charge in [0.25, 0.3) is 0 Å². The molecule has 0 N–H and O–H groups in total. The highest BCUT2D eigenvalue weighted by Crippen LogP contribution is 2.17. The average Bonchev–Trinajstić information content (AvgIpc) is 2.62. The maximum absolute atomic E-state index is 12.1. The maximum atomic E-state index is 12.1. The summed E-state index contributed by atoms with van der Waals surface area (Å²) in [5, 5.41) is 0. The third-order valence-electron chi connectivity index (χ3n) is 3.59. The lowest BCUT2D eigenvalue weighted by molar-refractivity contribution is 0.0734. The van der Waals surface area contributed by atoms with Gasteiger partial charge in [-0.2, -0.15) is 0 Å². The van der Waals surface area contributed by atoms with Crippen LogP contribution in [0.2, 0.25) is 0 Å². The van der Waals surface area contributed by atoms with Gasteiger partial charge < -0.3 is 9.47 Å². The van der Waals surface area contributed by atoms with Gasteiger partial charge >= 0.3 is 5.97 Å². The summed E-state index contributed by atoms with van der Waals surface area (Å²) in [6.07, 6.45) is 9.97. The highest BCUT2D eigenvalue weighted by Gasteiger charge is 2.08. The van der Waals surface area contributed by atoms with Crippen molar-refractivity contribution in [3.05, 3.63) is 59.7 Å². The van der Waals surface area contributed by atoms with Crippen LogP contribution in [0.4, 0.5) is 0 Å². The number of ether oxygens (including phenoxy) is 2. The summed E-state index contributed by atoms with van der Waals surface area (Å²) in [5.41, 5.74) is 1.23. The number of hydrogen-bond acceptors (Lipinski definition) is 3. The molecule has 0 atom stereocenters. The smallest absolute Gasteiger partial charge is 0.343 e. The van der Waals surface area contributed by atoms with Crippen LogP contribution in [0.5, 0.6) is 11.5 Å². The maximum Gasteiger partial charge on any atom is 0.343 e. The summed E-state index contributed by atoms with van der Waals surface area (Å²) in [6, 6.07) is 13.8. The van der Waals surface area contributed by atoms with Crippen molar-refractivity contribution >= 4 is 5.97 Å². The molecule has 0 spiro atoms. The highest BCUT2D eigenvalue weighted by atomic mass is 16.5. The summed E-state index contributed by atoms with van der Waals surface area (Å²) < 4.78 is 11.0. The van der Waals surface area contributed by atoms with Gasteiger partial charge in [-0.1, -0.05) is 32.1 Å². The zero-order chi connectivity index (χ0) is 17.2. The lowest BCUT2D eigenvalue weighted by Crippen LogP contribution is -2.08. The van der Waals surface area contributed by atoms with E-state index >= 15 is 0 Å². The van der Waals surface area contributed by atoms with Crippen LogP contribution in [0.15, 0.2) is 48.5 Å². The minimum atomic E-state index is -0.405. The van der Waals surface area contributed by atoms with Gasteiger partial charge in [-0.25, -0.2) is 4.79 Å². The Bertz CT molecular complexity index is 679. The van der Waals surface area contributed by atoms with Gasteiger partial charge in [0.1, 0.15) is 11.5 Å². The lowest BCUT2D eigenvalue weighted by atomic mass is 10.2. The second-order valence-electron chi connectivity index (χ2n) is 5.49. The molecule has 0 aliphatic carbocycles. The average molecular weight is 322 g/mol. The van der Waals surface area contributed by atoms with Gasteiger partial charge in [0.05, 0.1) is 12.2 Å². The fourth-order valence-corrected chi connectivity index (χ4v) is 2.19. The van der Waals surface area contributed by atoms with Crippen molar-refractivity contribution in [3.63, 3.8) is 0 Å². The number of carbonyl (C=O) groups is 1. The Morgan fingerprint density at radius 1 is 0.958 bits per heavy atom. The number of terminal acetylenes is 1. The third-order valence-corrected chi connectivity index (χ3v) is 3.59. The Kier molecular flexibility index (Phi) is 6.91. The van der Waals surface area contributed by atoms with E-state index in [1.807, 2.05) is 0 Å². The van der Waals surface area contributed by atoms with Crippen molar-refractivity contribution in [1.29, 1.82) is 0 Å². The van der Waals surface area contributed by atoms with E-state index < -0.39 is 5.97 Å². The second-order valence-corrected chi connectivity index (χ2v) is 5.49. The van der Waals surface area contributed by atoms with Crippen LogP contribution in [-0.2, 0) is 0 Å².